The molecule has 3 rings (SSSR count). The Balaban J connectivity index is 1.83. The SMILES string of the molecule is CCN(C(=O)Cn1nnc2ccccc2c1=O)[C@H]1CCS(=O)(=O)C1. The van der Waals surface area contributed by atoms with Gasteiger partial charge in [0.1, 0.15) is 12.1 Å². The van der Waals surface area contributed by atoms with Crippen LogP contribution in [0.4, 0.5) is 0 Å². The number of hydrogen-bond donors (Lipinski definition) is 0. The lowest BCUT2D eigenvalue weighted by molar-refractivity contribution is -0.133. The van der Waals surface area contributed by atoms with Crippen molar-refractivity contribution in [1.82, 2.24) is 19.9 Å². The van der Waals surface area contributed by atoms with Crippen molar-refractivity contribution in [3.05, 3.63) is 34.6 Å². The van der Waals surface area contributed by atoms with E-state index >= 15 is 0 Å². The highest BCUT2D eigenvalue weighted by Crippen LogP contribution is 2.18. The van der Waals surface area contributed by atoms with E-state index in [2.05, 4.69) is 10.3 Å². The molecule has 1 aliphatic rings. The minimum absolute atomic E-state index is 0.0229. The third-order valence-electron chi connectivity index (χ3n) is 4.22. The number of rotatable bonds is 4. The maximum Gasteiger partial charge on any atom is 0.278 e. The number of carbonyl (C=O) groups excluding carboxylic acids is 1. The fraction of sp³-hybridized carbons (Fsp3) is 0.467. The molecule has 8 nitrogen and oxygen atoms in total. The van der Waals surface area contributed by atoms with Crippen molar-refractivity contribution in [2.24, 2.45) is 0 Å². The molecule has 1 atom stereocenters. The van der Waals surface area contributed by atoms with Gasteiger partial charge in [-0.15, -0.1) is 5.10 Å². The maximum atomic E-state index is 12.5. The fourth-order valence-corrected chi connectivity index (χ4v) is 4.74. The Morgan fingerprint density at radius 3 is 2.79 bits per heavy atom. The summed E-state index contributed by atoms with van der Waals surface area (Å²) in [6, 6.07) is 6.45. The zero-order chi connectivity index (χ0) is 17.3. The predicted octanol–water partition coefficient (Wildman–Crippen LogP) is -0.173. The molecule has 1 aromatic heterocycles. The lowest BCUT2D eigenvalue weighted by Gasteiger charge is -2.26. The highest BCUT2D eigenvalue weighted by atomic mass is 32.2. The second-order valence-electron chi connectivity index (χ2n) is 5.81. The van der Waals surface area contributed by atoms with Gasteiger partial charge >= 0.3 is 0 Å². The van der Waals surface area contributed by atoms with Gasteiger partial charge in [-0.05, 0) is 25.5 Å². The van der Waals surface area contributed by atoms with Gasteiger partial charge in [-0.3, -0.25) is 9.59 Å². The molecule has 0 unspecified atom stereocenters. The van der Waals surface area contributed by atoms with Gasteiger partial charge in [-0.25, -0.2) is 13.1 Å². The average molecular weight is 350 g/mol. The van der Waals surface area contributed by atoms with Crippen LogP contribution in [-0.2, 0) is 21.2 Å². The molecular formula is C15H18N4O4S. The first kappa shape index (κ1) is 16.6. The van der Waals surface area contributed by atoms with Gasteiger partial charge in [0.05, 0.1) is 16.9 Å². The molecule has 2 aromatic rings. The van der Waals surface area contributed by atoms with Crippen LogP contribution < -0.4 is 5.56 Å². The Labute approximate surface area is 139 Å². The summed E-state index contributed by atoms with van der Waals surface area (Å²) in [6.07, 6.45) is 0.431. The van der Waals surface area contributed by atoms with Crippen LogP contribution in [0, 0.1) is 0 Å². The zero-order valence-electron chi connectivity index (χ0n) is 13.3. The number of amides is 1. The largest absolute Gasteiger partial charge is 0.337 e. The molecule has 1 aliphatic heterocycles. The van der Waals surface area contributed by atoms with Crippen molar-refractivity contribution in [2.75, 3.05) is 18.1 Å². The number of sulfone groups is 1. The predicted molar refractivity (Wildman–Crippen MR) is 88.2 cm³/mol. The molecular weight excluding hydrogens is 332 g/mol. The number of fused-ring (bicyclic) bond motifs is 1. The standard InChI is InChI=1S/C15H18N4O4S/c1-2-18(11-7-8-24(22,23)10-11)14(20)9-19-15(21)12-5-3-4-6-13(12)16-17-19/h3-6,11H,2,7-10H2,1H3/t11-/m0/s1. The van der Waals surface area contributed by atoms with Crippen molar-refractivity contribution in [3.8, 4) is 0 Å². The van der Waals surface area contributed by atoms with Gasteiger partial charge in [-0.1, -0.05) is 17.3 Å². The van der Waals surface area contributed by atoms with Gasteiger partial charge in [0.25, 0.3) is 5.56 Å². The van der Waals surface area contributed by atoms with Crippen molar-refractivity contribution in [3.63, 3.8) is 0 Å². The maximum absolute atomic E-state index is 12.5. The Morgan fingerprint density at radius 2 is 2.12 bits per heavy atom. The summed E-state index contributed by atoms with van der Waals surface area (Å²) in [5, 5.41) is 8.15. The molecule has 0 N–H and O–H groups in total. The number of nitrogens with zero attached hydrogens (tertiary/aromatic N) is 4. The number of benzene rings is 1. The molecule has 24 heavy (non-hydrogen) atoms. The second kappa shape index (κ2) is 6.31. The molecule has 0 radical (unpaired) electrons. The van der Waals surface area contributed by atoms with Crippen LogP contribution in [-0.4, -0.2) is 58.3 Å². The molecule has 1 amide bonds. The van der Waals surface area contributed by atoms with Gasteiger partial charge in [0, 0.05) is 12.6 Å². The Kier molecular flexibility index (Phi) is 4.35. The van der Waals surface area contributed by atoms with Gasteiger partial charge in [-0.2, -0.15) is 0 Å². The van der Waals surface area contributed by atoms with Gasteiger partial charge < -0.3 is 4.90 Å². The van der Waals surface area contributed by atoms with Gasteiger partial charge in [0.2, 0.25) is 5.91 Å². The quantitative estimate of drug-likeness (QED) is 0.758. The molecule has 1 fully saturated rings. The highest BCUT2D eigenvalue weighted by molar-refractivity contribution is 7.91. The van der Waals surface area contributed by atoms with E-state index in [1.807, 2.05) is 0 Å². The first-order valence-corrected chi connectivity index (χ1v) is 9.56. The summed E-state index contributed by atoms with van der Waals surface area (Å²) in [5.41, 5.74) is 0.0875. The summed E-state index contributed by atoms with van der Waals surface area (Å²) in [7, 11) is -3.08. The van der Waals surface area contributed by atoms with E-state index in [0.717, 1.165) is 4.68 Å². The fourth-order valence-electron chi connectivity index (χ4n) is 3.01. The van der Waals surface area contributed by atoms with E-state index in [1.165, 1.54) is 4.90 Å². The molecule has 1 aromatic carbocycles. The summed E-state index contributed by atoms with van der Waals surface area (Å²) in [4.78, 5) is 26.4. The number of hydrogen-bond acceptors (Lipinski definition) is 6. The third kappa shape index (κ3) is 3.16. The monoisotopic (exact) mass is 350 g/mol. The van der Waals surface area contributed by atoms with Crippen molar-refractivity contribution in [1.29, 1.82) is 0 Å². The number of aromatic nitrogens is 3. The highest BCUT2D eigenvalue weighted by Gasteiger charge is 2.34. The third-order valence-corrected chi connectivity index (χ3v) is 5.97. The van der Waals surface area contributed by atoms with E-state index in [-0.39, 0.29) is 35.6 Å². The van der Waals surface area contributed by atoms with Crippen molar-refractivity contribution >= 4 is 26.6 Å². The Hall–Kier alpha value is -2.29. The van der Waals surface area contributed by atoms with Crippen molar-refractivity contribution in [2.45, 2.75) is 25.9 Å². The molecule has 0 saturated carbocycles. The summed E-state index contributed by atoms with van der Waals surface area (Å²) >= 11 is 0. The van der Waals surface area contributed by atoms with E-state index < -0.39 is 9.84 Å². The zero-order valence-corrected chi connectivity index (χ0v) is 14.1. The van der Waals surface area contributed by atoms with Crippen LogP contribution in [0.25, 0.3) is 10.9 Å². The minimum atomic E-state index is -3.08. The number of likely N-dealkylation sites (N-methyl/N-ethyl adjacent to an activating group) is 1. The average Bonchev–Trinajstić information content (AvgIpc) is 2.91. The summed E-state index contributed by atoms with van der Waals surface area (Å²) < 4.78 is 24.3. The van der Waals surface area contributed by atoms with E-state index in [1.54, 1.807) is 31.2 Å². The Bertz CT molecular complexity index is 938. The first-order valence-electron chi connectivity index (χ1n) is 7.73. The van der Waals surface area contributed by atoms with Crippen LogP contribution in [0.15, 0.2) is 29.1 Å². The van der Waals surface area contributed by atoms with Crippen LogP contribution >= 0.6 is 0 Å². The normalized spacial score (nSPS) is 19.5. The smallest absolute Gasteiger partial charge is 0.278 e. The molecule has 0 bridgehead atoms. The van der Waals surface area contributed by atoms with E-state index in [0.29, 0.717) is 23.9 Å². The van der Waals surface area contributed by atoms with Gasteiger partial charge in [0.15, 0.2) is 9.84 Å². The van der Waals surface area contributed by atoms with Crippen LogP contribution in [0.2, 0.25) is 0 Å². The molecule has 0 spiro atoms. The molecule has 2 heterocycles. The van der Waals surface area contributed by atoms with Crippen molar-refractivity contribution < 1.29 is 13.2 Å². The summed E-state index contributed by atoms with van der Waals surface area (Å²) in [5.74, 6) is -0.256. The second-order valence-corrected chi connectivity index (χ2v) is 8.03. The molecule has 9 heteroatoms. The molecule has 128 valence electrons. The van der Waals surface area contributed by atoms with E-state index in [4.69, 9.17) is 0 Å². The molecule has 0 aliphatic carbocycles. The lowest BCUT2D eigenvalue weighted by Crippen LogP contribution is -2.44. The Morgan fingerprint density at radius 1 is 1.38 bits per heavy atom. The topological polar surface area (TPSA) is 102 Å². The number of carbonyl (C=O) groups is 1. The van der Waals surface area contributed by atoms with Crippen LogP contribution in [0.3, 0.4) is 0 Å². The van der Waals surface area contributed by atoms with Crippen LogP contribution in [0.5, 0.6) is 0 Å². The van der Waals surface area contributed by atoms with E-state index in [9.17, 15) is 18.0 Å². The first-order chi connectivity index (χ1) is 11.4. The summed E-state index contributed by atoms with van der Waals surface area (Å²) in [6.45, 7) is 1.92. The molecule has 1 saturated heterocycles. The lowest BCUT2D eigenvalue weighted by atomic mass is 10.2. The minimum Gasteiger partial charge on any atom is -0.337 e. The van der Waals surface area contributed by atoms with Crippen LogP contribution in [0.1, 0.15) is 13.3 Å².